The number of rotatable bonds is 4. The summed E-state index contributed by atoms with van der Waals surface area (Å²) in [5, 5.41) is 8.90. The number of hydrogen-bond acceptors (Lipinski definition) is 3. The molecule has 0 saturated heterocycles. The molecule has 0 atom stereocenters. The summed E-state index contributed by atoms with van der Waals surface area (Å²) >= 11 is 1.77. The summed E-state index contributed by atoms with van der Waals surface area (Å²) in [5.41, 5.74) is 1.68. The number of nitrogens with zero attached hydrogens (tertiary/aromatic N) is 1. The van der Waals surface area contributed by atoms with Gasteiger partial charge in [0.2, 0.25) is 0 Å². The maximum Gasteiger partial charge on any atom is 0.354 e. The van der Waals surface area contributed by atoms with Crippen LogP contribution in [0.15, 0.2) is 47.4 Å². The average molecular weight is 259 g/mol. The minimum absolute atomic E-state index is 0.0690. The van der Waals surface area contributed by atoms with Crippen molar-refractivity contribution < 1.29 is 9.90 Å². The van der Waals surface area contributed by atoms with Gasteiger partial charge >= 0.3 is 5.97 Å². The first kappa shape index (κ1) is 12.6. The van der Waals surface area contributed by atoms with E-state index in [0.717, 1.165) is 11.3 Å². The fourth-order valence-corrected chi connectivity index (χ4v) is 2.27. The number of carboxylic acids is 1. The van der Waals surface area contributed by atoms with Crippen LogP contribution < -0.4 is 0 Å². The molecule has 3 nitrogen and oxygen atoms in total. The monoisotopic (exact) mass is 259 g/mol. The highest BCUT2D eigenvalue weighted by Gasteiger charge is 2.06. The third kappa shape index (κ3) is 2.90. The summed E-state index contributed by atoms with van der Waals surface area (Å²) in [5.74, 6) is 0.0292. The van der Waals surface area contributed by atoms with Crippen LogP contribution in [0.5, 0.6) is 0 Å². The van der Waals surface area contributed by atoms with Crippen molar-refractivity contribution in [3.63, 3.8) is 0 Å². The molecule has 2 rings (SSSR count). The van der Waals surface area contributed by atoms with Gasteiger partial charge in [0.25, 0.3) is 0 Å². The van der Waals surface area contributed by atoms with E-state index in [1.165, 1.54) is 11.0 Å². The topological polar surface area (TPSA) is 50.2 Å². The van der Waals surface area contributed by atoms with Crippen LogP contribution in [-0.4, -0.2) is 21.8 Å². The molecule has 4 heteroatoms. The fraction of sp³-hybridized carbons (Fsp3) is 0.143. The minimum atomic E-state index is -1.00. The summed E-state index contributed by atoms with van der Waals surface area (Å²) in [6.45, 7) is 2.11. The van der Waals surface area contributed by atoms with Gasteiger partial charge in [0, 0.05) is 10.5 Å². The molecule has 92 valence electrons. The quantitative estimate of drug-likeness (QED) is 0.853. The van der Waals surface area contributed by atoms with Crippen molar-refractivity contribution in [1.82, 2.24) is 4.98 Å². The molecule has 1 aromatic heterocycles. The molecular formula is C14H13NO2S. The van der Waals surface area contributed by atoms with Crippen LogP contribution in [0.3, 0.4) is 0 Å². The van der Waals surface area contributed by atoms with Crippen molar-refractivity contribution in [2.24, 2.45) is 0 Å². The lowest BCUT2D eigenvalue weighted by Crippen LogP contribution is -2.00. The molecule has 2 aromatic rings. The zero-order chi connectivity index (χ0) is 13.0. The number of aromatic nitrogens is 1. The van der Waals surface area contributed by atoms with E-state index in [-0.39, 0.29) is 5.69 Å². The standard InChI is InChI=1S/C14H13NO2S/c1-2-18-11-8-6-10(7-9-11)12-4-3-5-13(15-12)14(16)17/h3-9H,2H2,1H3,(H,16,17). The van der Waals surface area contributed by atoms with Crippen molar-refractivity contribution >= 4 is 17.7 Å². The zero-order valence-corrected chi connectivity index (χ0v) is 10.8. The van der Waals surface area contributed by atoms with E-state index in [1.54, 1.807) is 17.8 Å². The first-order chi connectivity index (χ1) is 8.70. The number of thioether (sulfide) groups is 1. The molecule has 0 aliphatic rings. The van der Waals surface area contributed by atoms with Gasteiger partial charge in [-0.2, -0.15) is 0 Å². The van der Waals surface area contributed by atoms with Crippen LogP contribution in [0.4, 0.5) is 0 Å². The van der Waals surface area contributed by atoms with Crippen molar-refractivity contribution in [2.45, 2.75) is 11.8 Å². The third-order valence-electron chi connectivity index (χ3n) is 2.43. The molecule has 0 bridgehead atoms. The lowest BCUT2D eigenvalue weighted by Gasteiger charge is -2.03. The fourth-order valence-electron chi connectivity index (χ4n) is 1.60. The molecule has 0 aliphatic heterocycles. The Morgan fingerprint density at radius 3 is 2.56 bits per heavy atom. The molecule has 1 heterocycles. The maximum atomic E-state index is 10.9. The number of aromatic carboxylic acids is 1. The van der Waals surface area contributed by atoms with Gasteiger partial charge in [0.1, 0.15) is 5.69 Å². The first-order valence-corrected chi connectivity index (χ1v) is 6.63. The van der Waals surface area contributed by atoms with Gasteiger partial charge in [0.15, 0.2) is 0 Å². The lowest BCUT2D eigenvalue weighted by molar-refractivity contribution is 0.0690. The molecule has 0 amide bonds. The van der Waals surface area contributed by atoms with Crippen LogP contribution in [-0.2, 0) is 0 Å². The van der Waals surface area contributed by atoms with E-state index in [9.17, 15) is 4.79 Å². The highest BCUT2D eigenvalue weighted by molar-refractivity contribution is 7.99. The summed E-state index contributed by atoms with van der Waals surface area (Å²) in [7, 11) is 0. The molecule has 18 heavy (non-hydrogen) atoms. The van der Waals surface area contributed by atoms with E-state index in [4.69, 9.17) is 5.11 Å². The number of pyridine rings is 1. The largest absolute Gasteiger partial charge is 0.477 e. The Hall–Kier alpha value is -1.81. The number of carbonyl (C=O) groups is 1. The van der Waals surface area contributed by atoms with Gasteiger partial charge in [-0.05, 0) is 30.0 Å². The Kier molecular flexibility index (Phi) is 3.99. The molecule has 1 aromatic carbocycles. The summed E-state index contributed by atoms with van der Waals surface area (Å²) in [4.78, 5) is 16.2. The molecular weight excluding hydrogens is 246 g/mol. The molecule has 1 N–H and O–H groups in total. The van der Waals surface area contributed by atoms with E-state index in [1.807, 2.05) is 30.3 Å². The Bertz CT molecular complexity index is 552. The van der Waals surface area contributed by atoms with Gasteiger partial charge in [0.05, 0.1) is 5.69 Å². The van der Waals surface area contributed by atoms with Gasteiger partial charge in [-0.15, -0.1) is 11.8 Å². The predicted octanol–water partition coefficient (Wildman–Crippen LogP) is 3.56. The minimum Gasteiger partial charge on any atom is -0.477 e. The van der Waals surface area contributed by atoms with Crippen LogP contribution >= 0.6 is 11.8 Å². The highest BCUT2D eigenvalue weighted by Crippen LogP contribution is 2.23. The average Bonchev–Trinajstić information content (AvgIpc) is 2.40. The van der Waals surface area contributed by atoms with Crippen molar-refractivity contribution in [2.75, 3.05) is 5.75 Å². The maximum absolute atomic E-state index is 10.9. The van der Waals surface area contributed by atoms with Gasteiger partial charge in [-0.1, -0.05) is 25.1 Å². The SMILES string of the molecule is CCSc1ccc(-c2cccc(C(=O)O)n2)cc1. The van der Waals surface area contributed by atoms with E-state index in [2.05, 4.69) is 11.9 Å². The predicted molar refractivity (Wildman–Crippen MR) is 73.0 cm³/mol. The Morgan fingerprint density at radius 1 is 1.22 bits per heavy atom. The smallest absolute Gasteiger partial charge is 0.354 e. The van der Waals surface area contributed by atoms with E-state index >= 15 is 0 Å². The van der Waals surface area contributed by atoms with Crippen molar-refractivity contribution in [3.05, 3.63) is 48.2 Å². The van der Waals surface area contributed by atoms with Gasteiger partial charge in [-0.3, -0.25) is 0 Å². The van der Waals surface area contributed by atoms with Crippen LogP contribution in [0.2, 0.25) is 0 Å². The number of hydrogen-bond donors (Lipinski definition) is 1. The summed E-state index contributed by atoms with van der Waals surface area (Å²) in [6.07, 6.45) is 0. The Labute approximate surface area is 110 Å². The van der Waals surface area contributed by atoms with E-state index in [0.29, 0.717) is 5.69 Å². The molecule has 0 saturated carbocycles. The second kappa shape index (κ2) is 5.69. The Balaban J connectivity index is 2.30. The second-order valence-corrected chi connectivity index (χ2v) is 5.01. The van der Waals surface area contributed by atoms with Gasteiger partial charge in [-0.25, -0.2) is 9.78 Å². The number of benzene rings is 1. The van der Waals surface area contributed by atoms with Crippen molar-refractivity contribution in [1.29, 1.82) is 0 Å². The van der Waals surface area contributed by atoms with Crippen LogP contribution in [0.25, 0.3) is 11.3 Å². The van der Waals surface area contributed by atoms with Crippen LogP contribution in [0.1, 0.15) is 17.4 Å². The lowest BCUT2D eigenvalue weighted by atomic mass is 10.1. The molecule has 0 fully saturated rings. The zero-order valence-electron chi connectivity index (χ0n) is 9.96. The highest BCUT2D eigenvalue weighted by atomic mass is 32.2. The Morgan fingerprint density at radius 2 is 1.94 bits per heavy atom. The van der Waals surface area contributed by atoms with Gasteiger partial charge < -0.3 is 5.11 Å². The summed E-state index contributed by atoms with van der Waals surface area (Å²) < 4.78 is 0. The third-order valence-corrected chi connectivity index (χ3v) is 3.32. The first-order valence-electron chi connectivity index (χ1n) is 5.64. The molecule has 0 spiro atoms. The van der Waals surface area contributed by atoms with E-state index < -0.39 is 5.97 Å². The van der Waals surface area contributed by atoms with Crippen molar-refractivity contribution in [3.8, 4) is 11.3 Å². The molecule has 0 radical (unpaired) electrons. The molecule has 0 aliphatic carbocycles. The summed E-state index contributed by atoms with van der Waals surface area (Å²) in [6, 6.07) is 13.0. The van der Waals surface area contributed by atoms with Crippen LogP contribution in [0, 0.1) is 0 Å². The normalized spacial score (nSPS) is 10.3. The molecule has 0 unspecified atom stereocenters. The number of carboxylic acid groups (broad SMARTS) is 1. The second-order valence-electron chi connectivity index (χ2n) is 3.67.